The number of rotatable bonds is 6. The molecule has 1 unspecified atom stereocenters. The average molecular weight is 349 g/mol. The van der Waals surface area contributed by atoms with Crippen LogP contribution in [0.15, 0.2) is 24.5 Å². The minimum Gasteiger partial charge on any atom is -0.354 e. The van der Waals surface area contributed by atoms with Crippen LogP contribution in [0, 0.1) is 0 Å². The van der Waals surface area contributed by atoms with Crippen LogP contribution in [0.2, 0.25) is 0 Å². The number of pyridine rings is 1. The van der Waals surface area contributed by atoms with E-state index in [4.69, 9.17) is 0 Å². The van der Waals surface area contributed by atoms with Gasteiger partial charge in [0.15, 0.2) is 0 Å². The summed E-state index contributed by atoms with van der Waals surface area (Å²) in [7, 11) is 0. The zero-order valence-corrected chi connectivity index (χ0v) is 13.8. The summed E-state index contributed by atoms with van der Waals surface area (Å²) in [4.78, 5) is 27.3. The summed E-state index contributed by atoms with van der Waals surface area (Å²) in [5, 5.41) is 8.70. The number of amides is 2. The topological polar surface area (TPSA) is 83.1 Å². The number of halogens is 2. The van der Waals surface area contributed by atoms with Gasteiger partial charge in [0, 0.05) is 31.9 Å². The first-order valence-corrected chi connectivity index (χ1v) is 6.92. The van der Waals surface area contributed by atoms with Crippen LogP contribution >= 0.6 is 24.8 Å². The highest BCUT2D eigenvalue weighted by molar-refractivity contribution is 5.85. The molecule has 124 valence electrons. The van der Waals surface area contributed by atoms with Crippen molar-refractivity contribution in [3.8, 4) is 0 Å². The lowest BCUT2D eigenvalue weighted by Crippen LogP contribution is -2.41. The van der Waals surface area contributed by atoms with Crippen molar-refractivity contribution in [1.29, 1.82) is 0 Å². The van der Waals surface area contributed by atoms with Crippen molar-refractivity contribution < 1.29 is 9.59 Å². The fourth-order valence-corrected chi connectivity index (χ4v) is 2.12. The van der Waals surface area contributed by atoms with Gasteiger partial charge in [-0.25, -0.2) is 0 Å². The molecule has 22 heavy (non-hydrogen) atoms. The molecule has 0 aliphatic carbocycles. The Morgan fingerprint density at radius 1 is 1.32 bits per heavy atom. The first kappa shape index (κ1) is 20.6. The summed E-state index contributed by atoms with van der Waals surface area (Å²) in [6, 6.07) is 3.64. The molecule has 1 atom stereocenters. The maximum absolute atomic E-state index is 11.7. The van der Waals surface area contributed by atoms with Gasteiger partial charge in [-0.15, -0.1) is 24.8 Å². The lowest BCUT2D eigenvalue weighted by atomic mass is 10.2. The van der Waals surface area contributed by atoms with E-state index in [9.17, 15) is 9.59 Å². The molecular formula is C14H22Cl2N4O2. The number of hydrogen-bond donors (Lipinski definition) is 3. The van der Waals surface area contributed by atoms with Crippen LogP contribution in [-0.4, -0.2) is 35.9 Å². The van der Waals surface area contributed by atoms with Crippen LogP contribution in [0.3, 0.4) is 0 Å². The quantitative estimate of drug-likeness (QED) is 0.710. The van der Waals surface area contributed by atoms with Gasteiger partial charge in [-0.3, -0.25) is 14.6 Å². The molecule has 1 aromatic rings. The summed E-state index contributed by atoms with van der Waals surface area (Å²) in [5.74, 6) is -0.0870. The molecule has 1 saturated heterocycles. The Hall–Kier alpha value is -1.37. The Bertz CT molecular complexity index is 453. The first-order chi connectivity index (χ1) is 9.75. The van der Waals surface area contributed by atoms with Gasteiger partial charge in [0.05, 0.1) is 6.04 Å². The molecule has 0 radical (unpaired) electrons. The summed E-state index contributed by atoms with van der Waals surface area (Å²) < 4.78 is 0. The number of carbonyl (C=O) groups excluding carboxylic acids is 2. The van der Waals surface area contributed by atoms with Crippen LogP contribution in [0.25, 0.3) is 0 Å². The molecule has 0 bridgehead atoms. The molecular weight excluding hydrogens is 327 g/mol. The van der Waals surface area contributed by atoms with Crippen LogP contribution in [0.5, 0.6) is 0 Å². The van der Waals surface area contributed by atoms with Crippen LogP contribution < -0.4 is 16.0 Å². The summed E-state index contributed by atoms with van der Waals surface area (Å²) in [6.45, 7) is 1.73. The lowest BCUT2D eigenvalue weighted by molar-refractivity contribution is -0.123. The number of carbonyl (C=O) groups is 2. The maximum atomic E-state index is 11.7. The fraction of sp³-hybridized carbons (Fsp3) is 0.500. The Balaban J connectivity index is 0.00000220. The predicted octanol–water partition coefficient (Wildman–Crippen LogP) is 0.800. The summed E-state index contributed by atoms with van der Waals surface area (Å²) in [6.07, 6.45) is 5.60. The molecule has 1 aliphatic heterocycles. The molecule has 0 aromatic carbocycles. The van der Waals surface area contributed by atoms with Gasteiger partial charge < -0.3 is 16.0 Å². The fourth-order valence-electron chi connectivity index (χ4n) is 2.12. The number of aromatic nitrogens is 1. The van der Waals surface area contributed by atoms with Crippen molar-refractivity contribution >= 4 is 36.6 Å². The molecule has 1 aliphatic rings. The van der Waals surface area contributed by atoms with Gasteiger partial charge in [0.25, 0.3) is 0 Å². The zero-order valence-electron chi connectivity index (χ0n) is 12.2. The minimum absolute atomic E-state index is 0. The summed E-state index contributed by atoms with van der Waals surface area (Å²) in [5.41, 5.74) is 0.958. The third-order valence-electron chi connectivity index (χ3n) is 3.24. The van der Waals surface area contributed by atoms with Crippen molar-refractivity contribution in [2.24, 2.45) is 0 Å². The maximum Gasteiger partial charge on any atom is 0.237 e. The van der Waals surface area contributed by atoms with E-state index in [1.807, 2.05) is 12.1 Å². The van der Waals surface area contributed by atoms with Crippen molar-refractivity contribution in [3.05, 3.63) is 30.1 Å². The Kier molecular flexibility index (Phi) is 10.5. The van der Waals surface area contributed by atoms with Gasteiger partial charge in [-0.1, -0.05) is 6.07 Å². The smallest absolute Gasteiger partial charge is 0.237 e. The van der Waals surface area contributed by atoms with E-state index in [1.54, 1.807) is 12.4 Å². The monoisotopic (exact) mass is 348 g/mol. The average Bonchev–Trinajstić information content (AvgIpc) is 3.00. The Labute approximate surface area is 142 Å². The molecule has 0 spiro atoms. The molecule has 1 fully saturated rings. The largest absolute Gasteiger partial charge is 0.354 e. The number of nitrogens with one attached hydrogen (secondary N) is 3. The number of nitrogens with zero attached hydrogens (tertiary/aromatic N) is 1. The number of hydrogen-bond acceptors (Lipinski definition) is 4. The molecule has 8 heteroatoms. The highest BCUT2D eigenvalue weighted by atomic mass is 35.5. The minimum atomic E-state index is -0.0894. The Morgan fingerprint density at radius 2 is 2.14 bits per heavy atom. The van der Waals surface area contributed by atoms with Gasteiger partial charge in [-0.05, 0) is 31.0 Å². The molecule has 1 aromatic heterocycles. The third-order valence-corrected chi connectivity index (χ3v) is 3.24. The second-order valence-electron chi connectivity index (χ2n) is 4.83. The second kappa shape index (κ2) is 11.2. The van der Waals surface area contributed by atoms with Crippen molar-refractivity contribution in [3.63, 3.8) is 0 Å². The van der Waals surface area contributed by atoms with Crippen LogP contribution in [0.1, 0.15) is 24.8 Å². The van der Waals surface area contributed by atoms with Crippen LogP contribution in [-0.2, 0) is 16.1 Å². The molecule has 2 rings (SSSR count). The molecule has 3 N–H and O–H groups in total. The van der Waals surface area contributed by atoms with E-state index in [0.717, 1.165) is 24.9 Å². The van der Waals surface area contributed by atoms with Gasteiger partial charge in [0.2, 0.25) is 11.8 Å². The van der Waals surface area contributed by atoms with Crippen LogP contribution in [0.4, 0.5) is 0 Å². The molecule has 0 saturated carbocycles. The normalized spacial score (nSPS) is 16.1. The second-order valence-corrected chi connectivity index (χ2v) is 4.83. The van der Waals surface area contributed by atoms with Crippen molar-refractivity contribution in [2.75, 3.05) is 13.1 Å². The standard InChI is InChI=1S/C14H20N4O2.2ClH/c19-13(18-10-11-3-1-6-15-9-11)5-8-17-14(20)12-4-2-7-16-12;;/h1,3,6,9,12,16H,2,4-5,7-8,10H2,(H,17,20)(H,18,19);2*1H. The SMILES string of the molecule is Cl.Cl.O=C(CCNC(=O)C1CCCN1)NCc1cccnc1. The highest BCUT2D eigenvalue weighted by Crippen LogP contribution is 2.04. The highest BCUT2D eigenvalue weighted by Gasteiger charge is 2.21. The van der Waals surface area contributed by atoms with Crippen molar-refractivity contribution in [2.45, 2.75) is 31.8 Å². The zero-order chi connectivity index (χ0) is 14.2. The van der Waals surface area contributed by atoms with Gasteiger partial charge >= 0.3 is 0 Å². The lowest BCUT2D eigenvalue weighted by Gasteiger charge is -2.11. The van der Waals surface area contributed by atoms with E-state index in [0.29, 0.717) is 19.5 Å². The molecule has 2 heterocycles. The van der Waals surface area contributed by atoms with Gasteiger partial charge in [0.1, 0.15) is 0 Å². The van der Waals surface area contributed by atoms with Crippen molar-refractivity contribution in [1.82, 2.24) is 20.9 Å². The molecule has 6 nitrogen and oxygen atoms in total. The first-order valence-electron chi connectivity index (χ1n) is 6.92. The van der Waals surface area contributed by atoms with E-state index in [1.165, 1.54) is 0 Å². The van der Waals surface area contributed by atoms with E-state index in [2.05, 4.69) is 20.9 Å². The van der Waals surface area contributed by atoms with E-state index < -0.39 is 0 Å². The van der Waals surface area contributed by atoms with E-state index >= 15 is 0 Å². The van der Waals surface area contributed by atoms with Gasteiger partial charge in [-0.2, -0.15) is 0 Å². The third kappa shape index (κ3) is 7.06. The van der Waals surface area contributed by atoms with E-state index in [-0.39, 0.29) is 42.7 Å². The Morgan fingerprint density at radius 3 is 2.77 bits per heavy atom. The summed E-state index contributed by atoms with van der Waals surface area (Å²) >= 11 is 0. The predicted molar refractivity (Wildman–Crippen MR) is 89.2 cm³/mol. The molecule has 2 amide bonds.